The molecule has 3 nitrogen and oxygen atoms in total. The lowest BCUT2D eigenvalue weighted by atomic mass is 9.57. The molecule has 4 unspecified atom stereocenters. The van der Waals surface area contributed by atoms with Crippen molar-refractivity contribution in [1.82, 2.24) is 0 Å². The molecule has 1 N–H and O–H groups in total. The summed E-state index contributed by atoms with van der Waals surface area (Å²) in [6.45, 7) is 17.4. The predicted octanol–water partition coefficient (Wildman–Crippen LogP) is 3.48. The molecule has 114 valence electrons. The summed E-state index contributed by atoms with van der Waals surface area (Å²) in [5.41, 5.74) is -0.0154. The van der Waals surface area contributed by atoms with E-state index in [9.17, 15) is 9.90 Å². The maximum Gasteiger partial charge on any atom is 0.303 e. The quantitative estimate of drug-likeness (QED) is 0.633. The van der Waals surface area contributed by atoms with Gasteiger partial charge in [-0.2, -0.15) is 0 Å². The third-order valence-electron chi connectivity index (χ3n) is 4.89. The molecule has 1 fully saturated rings. The average molecular weight is 280 g/mol. The summed E-state index contributed by atoms with van der Waals surface area (Å²) in [7, 11) is 0. The van der Waals surface area contributed by atoms with Gasteiger partial charge in [-0.25, -0.2) is 0 Å². The van der Waals surface area contributed by atoms with Crippen molar-refractivity contribution in [1.29, 1.82) is 0 Å². The highest BCUT2D eigenvalue weighted by Gasteiger charge is 2.54. The molecule has 0 aromatic heterocycles. The van der Waals surface area contributed by atoms with Gasteiger partial charge in [-0.3, -0.25) is 4.79 Å². The van der Waals surface area contributed by atoms with Crippen LogP contribution in [0.3, 0.4) is 0 Å². The zero-order chi connectivity index (χ0) is 15.7. The molecule has 1 aliphatic rings. The van der Waals surface area contributed by atoms with Crippen LogP contribution in [0.2, 0.25) is 0 Å². The second-order valence-electron chi connectivity index (χ2n) is 6.74. The fourth-order valence-corrected chi connectivity index (χ4v) is 3.50. The van der Waals surface area contributed by atoms with Crippen LogP contribution in [-0.4, -0.2) is 22.8 Å². The van der Waals surface area contributed by atoms with Gasteiger partial charge in [0.1, 0.15) is 5.60 Å². The molecule has 0 saturated heterocycles. The van der Waals surface area contributed by atoms with E-state index in [-0.39, 0.29) is 23.2 Å². The van der Waals surface area contributed by atoms with Gasteiger partial charge < -0.3 is 9.84 Å². The number of hydrogen-bond donors (Lipinski definition) is 1. The van der Waals surface area contributed by atoms with Crippen LogP contribution in [0, 0.1) is 17.3 Å². The first-order valence-corrected chi connectivity index (χ1v) is 7.25. The first kappa shape index (κ1) is 17.0. The van der Waals surface area contributed by atoms with E-state index in [1.165, 1.54) is 6.92 Å². The highest BCUT2D eigenvalue weighted by atomic mass is 16.6. The summed E-state index contributed by atoms with van der Waals surface area (Å²) >= 11 is 0. The highest BCUT2D eigenvalue weighted by molar-refractivity contribution is 5.66. The summed E-state index contributed by atoms with van der Waals surface area (Å²) in [5, 5.41) is 10.7. The van der Waals surface area contributed by atoms with E-state index in [0.29, 0.717) is 12.8 Å². The van der Waals surface area contributed by atoms with Crippen molar-refractivity contribution in [2.45, 2.75) is 59.2 Å². The maximum atomic E-state index is 11.5. The van der Waals surface area contributed by atoms with Crippen LogP contribution < -0.4 is 0 Å². The summed E-state index contributed by atoms with van der Waals surface area (Å²) in [6, 6.07) is 0. The van der Waals surface area contributed by atoms with Gasteiger partial charge in [0.25, 0.3) is 0 Å². The van der Waals surface area contributed by atoms with Gasteiger partial charge >= 0.3 is 5.97 Å². The molecule has 4 atom stereocenters. The Kier molecular flexibility index (Phi) is 4.86. The van der Waals surface area contributed by atoms with Gasteiger partial charge in [-0.05, 0) is 37.0 Å². The van der Waals surface area contributed by atoms with Crippen molar-refractivity contribution in [3.8, 4) is 0 Å². The number of aliphatic hydroxyl groups is 1. The van der Waals surface area contributed by atoms with Crippen LogP contribution in [0.5, 0.6) is 0 Å². The molecule has 20 heavy (non-hydrogen) atoms. The Morgan fingerprint density at radius 1 is 1.40 bits per heavy atom. The Hall–Kier alpha value is -1.09. The molecule has 3 heteroatoms. The van der Waals surface area contributed by atoms with Crippen molar-refractivity contribution < 1.29 is 14.6 Å². The van der Waals surface area contributed by atoms with Crippen molar-refractivity contribution in [2.75, 3.05) is 0 Å². The van der Waals surface area contributed by atoms with Crippen molar-refractivity contribution in [2.24, 2.45) is 17.3 Å². The minimum absolute atomic E-state index is 0.0395. The van der Waals surface area contributed by atoms with Gasteiger partial charge in [0, 0.05) is 6.92 Å². The number of allylic oxidation sites excluding steroid dienone is 2. The standard InChI is InChI=1S/C17H28O3/c1-8-16(7)10-15(19)17(12(4)5,20-13(6)18)9-14(16)11(2)3/h8,12,14-15,19H,1-2,9-10H2,3-7H3. The minimum Gasteiger partial charge on any atom is -0.456 e. The van der Waals surface area contributed by atoms with Crippen molar-refractivity contribution in [3.63, 3.8) is 0 Å². The van der Waals surface area contributed by atoms with Crippen LogP contribution in [0.1, 0.15) is 47.5 Å². The monoisotopic (exact) mass is 280 g/mol. The molecule has 0 heterocycles. The van der Waals surface area contributed by atoms with E-state index in [1.807, 2.05) is 26.8 Å². The lowest BCUT2D eigenvalue weighted by Gasteiger charge is -2.53. The fourth-order valence-electron chi connectivity index (χ4n) is 3.50. The SMILES string of the molecule is C=CC1(C)CC(O)C(OC(C)=O)(C(C)C)CC1C(=C)C. The Labute approximate surface area is 122 Å². The second-order valence-corrected chi connectivity index (χ2v) is 6.74. The Morgan fingerprint density at radius 2 is 1.95 bits per heavy atom. The number of carbonyl (C=O) groups excluding carboxylic acids is 1. The molecule has 0 bridgehead atoms. The minimum atomic E-state index is -0.835. The van der Waals surface area contributed by atoms with E-state index in [2.05, 4.69) is 20.1 Å². The summed E-state index contributed by atoms with van der Waals surface area (Å²) in [6.07, 6.45) is 2.32. The molecule has 0 spiro atoms. The second kappa shape index (κ2) is 5.72. The van der Waals surface area contributed by atoms with Gasteiger partial charge in [-0.15, -0.1) is 6.58 Å². The normalized spacial score (nSPS) is 37.5. The van der Waals surface area contributed by atoms with E-state index < -0.39 is 11.7 Å². The maximum absolute atomic E-state index is 11.5. The zero-order valence-corrected chi connectivity index (χ0v) is 13.4. The average Bonchev–Trinajstić information content (AvgIpc) is 2.31. The molecular formula is C17H28O3. The molecule has 0 aromatic carbocycles. The third kappa shape index (κ3) is 2.83. The largest absolute Gasteiger partial charge is 0.456 e. The smallest absolute Gasteiger partial charge is 0.303 e. The van der Waals surface area contributed by atoms with Gasteiger partial charge in [-0.1, -0.05) is 39.0 Å². The Bertz CT molecular complexity index is 412. The number of hydrogen-bond acceptors (Lipinski definition) is 3. The Balaban J connectivity index is 3.25. The molecule has 0 radical (unpaired) electrons. The van der Waals surface area contributed by atoms with Crippen LogP contribution in [0.25, 0.3) is 0 Å². The van der Waals surface area contributed by atoms with Crippen LogP contribution in [0.15, 0.2) is 24.8 Å². The Morgan fingerprint density at radius 3 is 2.30 bits per heavy atom. The topological polar surface area (TPSA) is 46.5 Å². The number of ether oxygens (including phenoxy) is 1. The molecular weight excluding hydrogens is 252 g/mol. The highest BCUT2D eigenvalue weighted by Crippen LogP contribution is 2.52. The van der Waals surface area contributed by atoms with E-state index in [1.54, 1.807) is 0 Å². The molecule has 0 amide bonds. The first-order chi connectivity index (χ1) is 9.09. The predicted molar refractivity (Wildman–Crippen MR) is 81.2 cm³/mol. The summed E-state index contributed by atoms with van der Waals surface area (Å²) in [5.74, 6) is -0.164. The van der Waals surface area contributed by atoms with Crippen LogP contribution in [-0.2, 0) is 9.53 Å². The number of esters is 1. The molecule has 1 aliphatic carbocycles. The van der Waals surface area contributed by atoms with Crippen molar-refractivity contribution >= 4 is 5.97 Å². The number of rotatable bonds is 4. The number of aliphatic hydroxyl groups excluding tert-OH is 1. The van der Waals surface area contributed by atoms with Gasteiger partial charge in [0.15, 0.2) is 0 Å². The van der Waals surface area contributed by atoms with E-state index >= 15 is 0 Å². The molecule has 1 saturated carbocycles. The van der Waals surface area contributed by atoms with E-state index in [4.69, 9.17) is 4.74 Å². The summed E-state index contributed by atoms with van der Waals surface area (Å²) in [4.78, 5) is 11.5. The lowest BCUT2D eigenvalue weighted by molar-refractivity contribution is -0.201. The lowest BCUT2D eigenvalue weighted by Crippen LogP contribution is -2.58. The van der Waals surface area contributed by atoms with Crippen LogP contribution >= 0.6 is 0 Å². The summed E-state index contributed by atoms with van der Waals surface area (Å²) < 4.78 is 5.61. The van der Waals surface area contributed by atoms with E-state index in [0.717, 1.165) is 5.57 Å². The van der Waals surface area contributed by atoms with Gasteiger partial charge in [0.05, 0.1) is 6.10 Å². The molecule has 0 aromatic rings. The van der Waals surface area contributed by atoms with Crippen molar-refractivity contribution in [3.05, 3.63) is 24.8 Å². The fraction of sp³-hybridized carbons (Fsp3) is 0.706. The van der Waals surface area contributed by atoms with Gasteiger partial charge in [0.2, 0.25) is 0 Å². The third-order valence-corrected chi connectivity index (χ3v) is 4.89. The first-order valence-electron chi connectivity index (χ1n) is 7.25. The molecule has 1 rings (SSSR count). The zero-order valence-electron chi connectivity index (χ0n) is 13.4. The van der Waals surface area contributed by atoms with Crippen LogP contribution in [0.4, 0.5) is 0 Å². The number of carbonyl (C=O) groups is 1. The molecule has 0 aliphatic heterocycles.